The zero-order valence-electron chi connectivity index (χ0n) is 12.6. The first kappa shape index (κ1) is 14.3. The molecule has 1 amide bonds. The summed E-state index contributed by atoms with van der Waals surface area (Å²) in [5.41, 5.74) is 3.14. The second-order valence-electron chi connectivity index (χ2n) is 5.38. The number of imidazole rings is 1. The second kappa shape index (κ2) is 6.43. The highest BCUT2D eigenvalue weighted by atomic mass is 16.1. The Morgan fingerprint density at radius 1 is 1.14 bits per heavy atom. The molecule has 0 aliphatic carbocycles. The van der Waals surface area contributed by atoms with E-state index in [-0.39, 0.29) is 11.9 Å². The Morgan fingerprint density at radius 2 is 1.86 bits per heavy atom. The van der Waals surface area contributed by atoms with Gasteiger partial charge in [0.25, 0.3) is 0 Å². The number of hydrogen-bond donors (Lipinski definition) is 1. The SMILES string of the molecule is C[C@@H](NC(=O)CCn1cnc2ccccc21)c1ccccc1. The number of nitrogens with one attached hydrogen (secondary N) is 1. The number of benzene rings is 2. The molecule has 22 heavy (non-hydrogen) atoms. The van der Waals surface area contributed by atoms with Crippen LogP contribution < -0.4 is 5.32 Å². The lowest BCUT2D eigenvalue weighted by Gasteiger charge is -2.14. The summed E-state index contributed by atoms with van der Waals surface area (Å²) in [7, 11) is 0. The fourth-order valence-electron chi connectivity index (χ4n) is 2.55. The van der Waals surface area contributed by atoms with Gasteiger partial charge in [0, 0.05) is 13.0 Å². The third-order valence-corrected chi connectivity index (χ3v) is 3.78. The quantitative estimate of drug-likeness (QED) is 0.784. The van der Waals surface area contributed by atoms with Gasteiger partial charge in [-0.05, 0) is 24.6 Å². The van der Waals surface area contributed by atoms with Gasteiger partial charge in [-0.3, -0.25) is 4.79 Å². The predicted octanol–water partition coefficient (Wildman–Crippen LogP) is 3.30. The second-order valence-corrected chi connectivity index (χ2v) is 5.38. The zero-order valence-corrected chi connectivity index (χ0v) is 12.6. The smallest absolute Gasteiger partial charge is 0.222 e. The van der Waals surface area contributed by atoms with E-state index in [1.54, 1.807) is 6.33 Å². The fraction of sp³-hybridized carbons (Fsp3) is 0.222. The molecule has 1 aromatic heterocycles. The van der Waals surface area contributed by atoms with Crippen molar-refractivity contribution in [2.75, 3.05) is 0 Å². The molecule has 0 saturated heterocycles. The van der Waals surface area contributed by atoms with Crippen molar-refractivity contribution in [2.24, 2.45) is 0 Å². The van der Waals surface area contributed by atoms with Crippen LogP contribution in [-0.4, -0.2) is 15.5 Å². The minimum Gasteiger partial charge on any atom is -0.350 e. The van der Waals surface area contributed by atoms with E-state index in [0.29, 0.717) is 13.0 Å². The topological polar surface area (TPSA) is 46.9 Å². The van der Waals surface area contributed by atoms with Crippen LogP contribution in [0.3, 0.4) is 0 Å². The molecule has 3 aromatic rings. The van der Waals surface area contributed by atoms with Crippen molar-refractivity contribution in [2.45, 2.75) is 25.9 Å². The van der Waals surface area contributed by atoms with Crippen molar-refractivity contribution in [3.05, 3.63) is 66.5 Å². The molecule has 1 N–H and O–H groups in total. The molecule has 0 saturated carbocycles. The number of rotatable bonds is 5. The zero-order chi connectivity index (χ0) is 15.4. The van der Waals surface area contributed by atoms with Gasteiger partial charge in [-0.25, -0.2) is 4.98 Å². The van der Waals surface area contributed by atoms with Crippen molar-refractivity contribution < 1.29 is 4.79 Å². The summed E-state index contributed by atoms with van der Waals surface area (Å²) in [6.45, 7) is 2.63. The van der Waals surface area contributed by atoms with E-state index in [1.165, 1.54) is 0 Å². The molecule has 0 aliphatic heterocycles. The van der Waals surface area contributed by atoms with Crippen LogP contribution in [0.4, 0.5) is 0 Å². The number of amides is 1. The number of carbonyl (C=O) groups is 1. The summed E-state index contributed by atoms with van der Waals surface area (Å²) in [5, 5.41) is 3.03. The first-order chi connectivity index (χ1) is 10.7. The van der Waals surface area contributed by atoms with Gasteiger partial charge in [-0.15, -0.1) is 0 Å². The van der Waals surface area contributed by atoms with Gasteiger partial charge in [0.05, 0.1) is 23.4 Å². The average Bonchev–Trinajstić information content (AvgIpc) is 2.97. The number of aromatic nitrogens is 2. The maximum atomic E-state index is 12.1. The van der Waals surface area contributed by atoms with E-state index in [9.17, 15) is 4.79 Å². The standard InChI is InChI=1S/C18H19N3O/c1-14(15-7-3-2-4-8-15)20-18(22)11-12-21-13-19-16-9-5-6-10-17(16)21/h2-10,13-14H,11-12H2,1H3,(H,20,22)/t14-/m1/s1. The molecule has 112 valence electrons. The summed E-state index contributed by atoms with van der Waals surface area (Å²) in [5.74, 6) is 0.0501. The molecule has 2 aromatic carbocycles. The summed E-state index contributed by atoms with van der Waals surface area (Å²) >= 11 is 0. The van der Waals surface area contributed by atoms with Crippen LogP contribution in [-0.2, 0) is 11.3 Å². The average molecular weight is 293 g/mol. The molecule has 3 rings (SSSR count). The highest BCUT2D eigenvalue weighted by molar-refractivity contribution is 5.77. The van der Waals surface area contributed by atoms with Gasteiger partial charge < -0.3 is 9.88 Å². The van der Waals surface area contributed by atoms with Crippen molar-refractivity contribution in [3.63, 3.8) is 0 Å². The molecular formula is C18H19N3O. The van der Waals surface area contributed by atoms with Crippen molar-refractivity contribution in [1.29, 1.82) is 0 Å². The Morgan fingerprint density at radius 3 is 2.68 bits per heavy atom. The fourth-order valence-corrected chi connectivity index (χ4v) is 2.55. The van der Waals surface area contributed by atoms with Crippen molar-refractivity contribution >= 4 is 16.9 Å². The highest BCUT2D eigenvalue weighted by Gasteiger charge is 2.10. The number of fused-ring (bicyclic) bond motifs is 1. The molecule has 0 fully saturated rings. The van der Waals surface area contributed by atoms with E-state index in [1.807, 2.05) is 66.1 Å². The summed E-state index contributed by atoms with van der Waals surface area (Å²) in [6.07, 6.45) is 2.23. The first-order valence-electron chi connectivity index (χ1n) is 7.48. The number of para-hydroxylation sites is 2. The Hall–Kier alpha value is -2.62. The van der Waals surface area contributed by atoms with Crippen LogP contribution in [0.1, 0.15) is 24.9 Å². The molecular weight excluding hydrogens is 274 g/mol. The van der Waals surface area contributed by atoms with E-state index < -0.39 is 0 Å². The van der Waals surface area contributed by atoms with Crippen LogP contribution in [0.2, 0.25) is 0 Å². The number of nitrogens with zero attached hydrogens (tertiary/aromatic N) is 2. The minimum atomic E-state index is 0.0215. The maximum Gasteiger partial charge on any atom is 0.222 e. The largest absolute Gasteiger partial charge is 0.350 e. The van der Waals surface area contributed by atoms with Crippen molar-refractivity contribution in [1.82, 2.24) is 14.9 Å². The summed E-state index contributed by atoms with van der Waals surface area (Å²) in [4.78, 5) is 16.4. The molecule has 0 radical (unpaired) electrons. The molecule has 1 atom stereocenters. The summed E-state index contributed by atoms with van der Waals surface area (Å²) in [6, 6.07) is 18.0. The van der Waals surface area contributed by atoms with Gasteiger partial charge in [0.15, 0.2) is 0 Å². The third kappa shape index (κ3) is 3.17. The molecule has 4 nitrogen and oxygen atoms in total. The van der Waals surface area contributed by atoms with Gasteiger partial charge in [0.2, 0.25) is 5.91 Å². The van der Waals surface area contributed by atoms with Crippen molar-refractivity contribution in [3.8, 4) is 0 Å². The van der Waals surface area contributed by atoms with E-state index in [2.05, 4.69) is 10.3 Å². The molecule has 0 unspecified atom stereocenters. The third-order valence-electron chi connectivity index (χ3n) is 3.78. The van der Waals surface area contributed by atoms with Crippen LogP contribution in [0.15, 0.2) is 60.9 Å². The lowest BCUT2D eigenvalue weighted by Crippen LogP contribution is -2.27. The van der Waals surface area contributed by atoms with E-state index in [0.717, 1.165) is 16.6 Å². The molecule has 0 spiro atoms. The predicted molar refractivity (Wildman–Crippen MR) is 87.3 cm³/mol. The lowest BCUT2D eigenvalue weighted by atomic mass is 10.1. The Kier molecular flexibility index (Phi) is 4.19. The summed E-state index contributed by atoms with van der Waals surface area (Å²) < 4.78 is 2.02. The van der Waals surface area contributed by atoms with Gasteiger partial charge in [-0.2, -0.15) is 0 Å². The monoisotopic (exact) mass is 293 g/mol. The molecule has 1 heterocycles. The molecule has 0 aliphatic rings. The van der Waals surface area contributed by atoms with Crippen LogP contribution >= 0.6 is 0 Å². The molecule has 4 heteroatoms. The molecule has 0 bridgehead atoms. The van der Waals surface area contributed by atoms with Crippen LogP contribution in [0.25, 0.3) is 11.0 Å². The first-order valence-corrected chi connectivity index (χ1v) is 7.48. The lowest BCUT2D eigenvalue weighted by molar-refractivity contribution is -0.121. The normalized spacial score (nSPS) is 12.2. The number of hydrogen-bond acceptors (Lipinski definition) is 2. The Balaban J connectivity index is 1.58. The van der Waals surface area contributed by atoms with Gasteiger partial charge in [-0.1, -0.05) is 42.5 Å². The Labute approximate surface area is 129 Å². The van der Waals surface area contributed by atoms with E-state index >= 15 is 0 Å². The highest BCUT2D eigenvalue weighted by Crippen LogP contribution is 2.13. The van der Waals surface area contributed by atoms with Crippen LogP contribution in [0.5, 0.6) is 0 Å². The number of aryl methyl sites for hydroxylation is 1. The minimum absolute atomic E-state index is 0.0215. The van der Waals surface area contributed by atoms with Crippen LogP contribution in [0, 0.1) is 0 Å². The maximum absolute atomic E-state index is 12.1. The van der Waals surface area contributed by atoms with E-state index in [4.69, 9.17) is 0 Å². The number of carbonyl (C=O) groups excluding carboxylic acids is 1. The van der Waals surface area contributed by atoms with Gasteiger partial charge >= 0.3 is 0 Å². The Bertz CT molecular complexity index is 764. The van der Waals surface area contributed by atoms with Gasteiger partial charge in [0.1, 0.15) is 0 Å².